The Morgan fingerprint density at radius 2 is 1.64 bits per heavy atom. The Morgan fingerprint density at radius 1 is 1.00 bits per heavy atom. The molecule has 0 aliphatic rings. The molecule has 0 fully saturated rings. The Balaban J connectivity index is 1.90. The van der Waals surface area contributed by atoms with Crippen molar-refractivity contribution in [2.75, 3.05) is 11.9 Å². The summed E-state index contributed by atoms with van der Waals surface area (Å²) in [6, 6.07) is 7.94. The zero-order chi connectivity index (χ0) is 18.6. The van der Waals surface area contributed by atoms with Gasteiger partial charge in [-0.15, -0.1) is 0 Å². The predicted octanol–water partition coefficient (Wildman–Crippen LogP) is 4.81. The first-order valence-electron chi connectivity index (χ1n) is 6.76. The summed E-state index contributed by atoms with van der Waals surface area (Å²) in [6.45, 7) is -0.611. The number of nitrogens with one attached hydrogen (secondary N) is 1. The van der Waals surface area contributed by atoms with Crippen LogP contribution >= 0.6 is 23.2 Å². The minimum atomic E-state index is -4.46. The zero-order valence-corrected chi connectivity index (χ0v) is 13.9. The Morgan fingerprint density at radius 3 is 2.20 bits per heavy atom. The van der Waals surface area contributed by atoms with Gasteiger partial charge < -0.3 is 10.1 Å². The SMILES string of the molecule is O=C(COC(=O)c1ccc(Cl)c(Cl)c1)Nc1ccc(C(F)(F)F)cc1. The van der Waals surface area contributed by atoms with Gasteiger partial charge in [0.15, 0.2) is 6.61 Å². The topological polar surface area (TPSA) is 55.4 Å². The molecular formula is C16H10Cl2F3NO3. The molecule has 0 aliphatic heterocycles. The van der Waals surface area contributed by atoms with Crippen LogP contribution in [0.4, 0.5) is 18.9 Å². The summed E-state index contributed by atoms with van der Waals surface area (Å²) in [5, 5.41) is 2.74. The van der Waals surface area contributed by atoms with Crippen molar-refractivity contribution < 1.29 is 27.5 Å². The fourth-order valence-corrected chi connectivity index (χ4v) is 2.08. The van der Waals surface area contributed by atoms with Gasteiger partial charge in [0, 0.05) is 5.69 Å². The number of ether oxygens (including phenoxy) is 1. The smallest absolute Gasteiger partial charge is 0.416 e. The molecule has 9 heteroatoms. The van der Waals surface area contributed by atoms with Gasteiger partial charge in [-0.2, -0.15) is 13.2 Å². The van der Waals surface area contributed by atoms with Crippen LogP contribution in [0.3, 0.4) is 0 Å². The third-order valence-electron chi connectivity index (χ3n) is 2.99. The van der Waals surface area contributed by atoms with Crippen LogP contribution in [0, 0.1) is 0 Å². The lowest BCUT2D eigenvalue weighted by molar-refractivity contribution is -0.137. The highest BCUT2D eigenvalue weighted by molar-refractivity contribution is 6.42. The van der Waals surface area contributed by atoms with E-state index in [9.17, 15) is 22.8 Å². The first-order chi connectivity index (χ1) is 11.7. The molecular weight excluding hydrogens is 382 g/mol. The molecule has 2 aromatic rings. The van der Waals surface area contributed by atoms with Gasteiger partial charge in [0.05, 0.1) is 21.2 Å². The quantitative estimate of drug-likeness (QED) is 0.761. The van der Waals surface area contributed by atoms with Crippen molar-refractivity contribution in [2.45, 2.75) is 6.18 Å². The Bertz CT molecular complexity index is 792. The van der Waals surface area contributed by atoms with Gasteiger partial charge in [-0.3, -0.25) is 4.79 Å². The van der Waals surface area contributed by atoms with Crippen molar-refractivity contribution in [2.24, 2.45) is 0 Å². The van der Waals surface area contributed by atoms with Crippen molar-refractivity contribution in [3.8, 4) is 0 Å². The number of carbonyl (C=O) groups excluding carboxylic acids is 2. The molecule has 1 amide bonds. The minimum absolute atomic E-state index is 0.108. The van der Waals surface area contributed by atoms with E-state index in [1.807, 2.05) is 0 Å². The van der Waals surface area contributed by atoms with Gasteiger partial charge in [-0.1, -0.05) is 23.2 Å². The normalized spacial score (nSPS) is 11.1. The van der Waals surface area contributed by atoms with Gasteiger partial charge in [0.25, 0.3) is 5.91 Å². The van der Waals surface area contributed by atoms with E-state index in [0.717, 1.165) is 24.3 Å². The van der Waals surface area contributed by atoms with E-state index >= 15 is 0 Å². The van der Waals surface area contributed by atoms with E-state index in [1.165, 1.54) is 18.2 Å². The molecule has 0 spiro atoms. The second-order valence-corrected chi connectivity index (χ2v) is 5.64. The average molecular weight is 392 g/mol. The maximum Gasteiger partial charge on any atom is 0.416 e. The molecule has 0 heterocycles. The summed E-state index contributed by atoms with van der Waals surface area (Å²) in [7, 11) is 0. The van der Waals surface area contributed by atoms with E-state index in [4.69, 9.17) is 27.9 Å². The molecule has 2 rings (SSSR count). The molecule has 0 saturated heterocycles. The molecule has 0 bridgehead atoms. The highest BCUT2D eigenvalue weighted by Crippen LogP contribution is 2.29. The number of esters is 1. The van der Waals surface area contributed by atoms with Crippen LogP contribution in [-0.2, 0) is 15.7 Å². The molecule has 132 valence electrons. The number of rotatable bonds is 4. The molecule has 1 N–H and O–H groups in total. The minimum Gasteiger partial charge on any atom is -0.452 e. The van der Waals surface area contributed by atoms with E-state index in [1.54, 1.807) is 0 Å². The van der Waals surface area contributed by atoms with E-state index < -0.39 is 30.2 Å². The summed E-state index contributed by atoms with van der Waals surface area (Å²) in [4.78, 5) is 23.5. The number of amides is 1. The van der Waals surface area contributed by atoms with Crippen LogP contribution in [0.2, 0.25) is 10.0 Å². The van der Waals surface area contributed by atoms with Gasteiger partial charge in [0.1, 0.15) is 0 Å². The summed E-state index contributed by atoms with van der Waals surface area (Å²) in [5.41, 5.74) is -0.586. The number of carbonyl (C=O) groups is 2. The summed E-state index contributed by atoms with van der Waals surface area (Å²) in [5.74, 6) is -1.49. The number of halogens is 5. The zero-order valence-electron chi connectivity index (χ0n) is 12.4. The molecule has 0 aliphatic carbocycles. The molecule has 0 atom stereocenters. The Hall–Kier alpha value is -2.25. The monoisotopic (exact) mass is 391 g/mol. The highest BCUT2D eigenvalue weighted by Gasteiger charge is 2.30. The fraction of sp³-hybridized carbons (Fsp3) is 0.125. The average Bonchev–Trinajstić information content (AvgIpc) is 2.55. The van der Waals surface area contributed by atoms with Crippen LogP contribution in [0.15, 0.2) is 42.5 Å². The number of alkyl halides is 3. The maximum absolute atomic E-state index is 12.4. The fourth-order valence-electron chi connectivity index (χ4n) is 1.78. The van der Waals surface area contributed by atoms with E-state index in [2.05, 4.69) is 5.32 Å². The second-order valence-electron chi connectivity index (χ2n) is 4.83. The Labute approximate surface area is 150 Å². The first kappa shape index (κ1) is 19.1. The number of benzene rings is 2. The van der Waals surface area contributed by atoms with Crippen LogP contribution in [0.25, 0.3) is 0 Å². The van der Waals surface area contributed by atoms with Crippen LogP contribution in [0.1, 0.15) is 15.9 Å². The van der Waals surface area contributed by atoms with Crippen LogP contribution in [0.5, 0.6) is 0 Å². The van der Waals surface area contributed by atoms with Crippen LogP contribution in [-0.4, -0.2) is 18.5 Å². The molecule has 4 nitrogen and oxygen atoms in total. The van der Waals surface area contributed by atoms with Crippen LogP contribution < -0.4 is 5.32 Å². The molecule has 2 aromatic carbocycles. The second kappa shape index (κ2) is 7.76. The summed E-state index contributed by atoms with van der Waals surface area (Å²) < 4.78 is 42.1. The molecule has 0 unspecified atom stereocenters. The van der Waals surface area contributed by atoms with Gasteiger partial charge >= 0.3 is 12.1 Å². The number of hydrogen-bond acceptors (Lipinski definition) is 3. The van der Waals surface area contributed by atoms with E-state index in [-0.39, 0.29) is 21.3 Å². The number of hydrogen-bond donors (Lipinski definition) is 1. The standard InChI is InChI=1S/C16H10Cl2F3NO3/c17-12-6-1-9(7-13(12)18)15(24)25-8-14(23)22-11-4-2-10(3-5-11)16(19,20)21/h1-7H,8H2,(H,22,23). The lowest BCUT2D eigenvalue weighted by Crippen LogP contribution is -2.21. The van der Waals surface area contributed by atoms with Gasteiger partial charge in [-0.25, -0.2) is 4.79 Å². The highest BCUT2D eigenvalue weighted by atomic mass is 35.5. The van der Waals surface area contributed by atoms with E-state index in [0.29, 0.717) is 0 Å². The summed E-state index contributed by atoms with van der Waals surface area (Å²) in [6.07, 6.45) is -4.46. The van der Waals surface area contributed by atoms with Gasteiger partial charge in [-0.05, 0) is 42.5 Å². The van der Waals surface area contributed by atoms with Crippen molar-refractivity contribution in [1.29, 1.82) is 0 Å². The Kier molecular flexibility index (Phi) is 5.92. The molecule has 25 heavy (non-hydrogen) atoms. The van der Waals surface area contributed by atoms with Crippen molar-refractivity contribution in [3.05, 3.63) is 63.6 Å². The number of anilines is 1. The lowest BCUT2D eigenvalue weighted by atomic mass is 10.2. The molecule has 0 saturated carbocycles. The maximum atomic E-state index is 12.4. The molecule has 0 aromatic heterocycles. The van der Waals surface area contributed by atoms with Crippen molar-refractivity contribution >= 4 is 40.8 Å². The van der Waals surface area contributed by atoms with Gasteiger partial charge in [0.2, 0.25) is 0 Å². The molecule has 0 radical (unpaired) electrons. The van der Waals surface area contributed by atoms with Crippen molar-refractivity contribution in [3.63, 3.8) is 0 Å². The largest absolute Gasteiger partial charge is 0.452 e. The predicted molar refractivity (Wildman–Crippen MR) is 86.8 cm³/mol. The third-order valence-corrected chi connectivity index (χ3v) is 3.72. The summed E-state index contributed by atoms with van der Waals surface area (Å²) >= 11 is 11.5. The van der Waals surface area contributed by atoms with Crippen molar-refractivity contribution in [1.82, 2.24) is 0 Å². The first-order valence-corrected chi connectivity index (χ1v) is 7.51. The lowest BCUT2D eigenvalue weighted by Gasteiger charge is -2.09. The third kappa shape index (κ3) is 5.37.